The van der Waals surface area contributed by atoms with Gasteiger partial charge in [-0.2, -0.15) is 0 Å². The largest absolute Gasteiger partial charge is 0.328 e. The van der Waals surface area contributed by atoms with Crippen molar-refractivity contribution < 1.29 is 0 Å². The van der Waals surface area contributed by atoms with E-state index in [4.69, 9.17) is 5.73 Å². The molecule has 0 bridgehead atoms. The Morgan fingerprint density at radius 3 is 1.55 bits per heavy atom. The molecule has 0 aromatic carbocycles. The topological polar surface area (TPSA) is 26.0 Å². The van der Waals surface area contributed by atoms with Crippen LogP contribution in [0.1, 0.15) is 27.7 Å². The first-order valence-electron chi connectivity index (χ1n) is 4.85. The molecule has 0 spiro atoms. The lowest BCUT2D eigenvalue weighted by molar-refractivity contribution is 0.801. The van der Waals surface area contributed by atoms with Crippen LogP contribution in [0.25, 0.3) is 0 Å². The Morgan fingerprint density at radius 1 is 1.09 bits per heavy atom. The molecule has 1 atom stereocenters. The van der Waals surface area contributed by atoms with Gasteiger partial charge < -0.3 is 5.73 Å². The van der Waals surface area contributed by atoms with E-state index >= 15 is 0 Å². The van der Waals surface area contributed by atoms with Crippen molar-refractivity contribution in [2.45, 2.75) is 57.9 Å². The first-order chi connectivity index (χ1) is 5.10. The summed E-state index contributed by atoms with van der Waals surface area (Å²) in [7, 11) is -0.905. The van der Waals surface area contributed by atoms with Crippen molar-refractivity contribution in [3.05, 3.63) is 0 Å². The fraction of sp³-hybridized carbons (Fsp3) is 1.00. The predicted molar refractivity (Wildman–Crippen MR) is 55.7 cm³/mol. The summed E-state index contributed by atoms with van der Waals surface area (Å²) in [6.07, 6.45) is 0. The summed E-state index contributed by atoms with van der Waals surface area (Å²) in [4.78, 5) is 0. The van der Waals surface area contributed by atoms with Crippen LogP contribution in [0.15, 0.2) is 0 Å². The Hall–Kier alpha value is 0.177. The van der Waals surface area contributed by atoms with Crippen LogP contribution in [0.5, 0.6) is 0 Å². The number of hydrogen-bond acceptors (Lipinski definition) is 1. The molecule has 68 valence electrons. The molecular weight excluding hydrogens is 150 g/mol. The smallest absolute Gasteiger partial charge is 0.0542 e. The Labute approximate surface area is 72.4 Å². The molecule has 0 amide bonds. The zero-order valence-corrected chi connectivity index (χ0v) is 9.48. The molecule has 2 N–H and O–H groups in total. The molecule has 11 heavy (non-hydrogen) atoms. The van der Waals surface area contributed by atoms with Gasteiger partial charge in [-0.1, -0.05) is 45.8 Å². The van der Waals surface area contributed by atoms with Crippen molar-refractivity contribution in [1.82, 2.24) is 0 Å². The molecule has 1 unspecified atom stereocenters. The van der Waals surface area contributed by atoms with Gasteiger partial charge in [-0.05, 0) is 12.1 Å². The molecule has 0 aliphatic heterocycles. The molecule has 1 nitrogen and oxygen atoms in total. The molecule has 0 fully saturated rings. The molecule has 0 saturated carbocycles. The highest BCUT2D eigenvalue weighted by Crippen LogP contribution is 2.25. The number of hydrogen-bond donors (Lipinski definition) is 1. The Bertz CT molecular complexity index is 89.5. The van der Waals surface area contributed by atoms with Gasteiger partial charge in [-0.3, -0.25) is 0 Å². The predicted octanol–water partition coefficient (Wildman–Crippen LogP) is 2.84. The first-order valence-corrected chi connectivity index (χ1v) is 7.68. The summed E-state index contributed by atoms with van der Waals surface area (Å²) >= 11 is 0. The van der Waals surface area contributed by atoms with Crippen LogP contribution in [0.3, 0.4) is 0 Å². The minimum atomic E-state index is -0.905. The van der Waals surface area contributed by atoms with Crippen molar-refractivity contribution in [2.75, 3.05) is 0 Å². The fourth-order valence-electron chi connectivity index (χ4n) is 1.87. The van der Waals surface area contributed by atoms with Gasteiger partial charge >= 0.3 is 0 Å². The maximum atomic E-state index is 5.84. The van der Waals surface area contributed by atoms with E-state index in [1.165, 1.54) is 24.2 Å². The van der Waals surface area contributed by atoms with Gasteiger partial charge in [-0.25, -0.2) is 0 Å². The maximum absolute atomic E-state index is 5.84. The van der Waals surface area contributed by atoms with Crippen molar-refractivity contribution in [1.29, 1.82) is 0 Å². The second-order valence-electron chi connectivity index (χ2n) is 3.74. The summed E-state index contributed by atoms with van der Waals surface area (Å²) in [6, 6.07) is 5.95. The van der Waals surface area contributed by atoms with Crippen LogP contribution in [-0.2, 0) is 0 Å². The van der Waals surface area contributed by atoms with Crippen molar-refractivity contribution in [3.8, 4) is 0 Å². The lowest BCUT2D eigenvalue weighted by atomic mass is 10.4. The standard InChI is InChI=1S/C9H23NSi/c1-5-11(6-2,7-3)8-9(4)10/h9H,5-8,10H2,1-4H3. The van der Waals surface area contributed by atoms with Crippen LogP contribution in [0.4, 0.5) is 0 Å². The minimum absolute atomic E-state index is 0.418. The lowest BCUT2D eigenvalue weighted by Crippen LogP contribution is -2.37. The Morgan fingerprint density at radius 2 is 1.45 bits per heavy atom. The Balaban J connectivity index is 4.05. The zero-order chi connectivity index (χ0) is 8.91. The van der Waals surface area contributed by atoms with E-state index in [0.29, 0.717) is 6.04 Å². The summed E-state index contributed by atoms with van der Waals surface area (Å²) in [5.74, 6) is 0. The molecule has 0 rings (SSSR count). The third kappa shape index (κ3) is 3.39. The molecule has 2 heteroatoms. The quantitative estimate of drug-likeness (QED) is 0.636. The molecule has 0 heterocycles. The van der Waals surface area contributed by atoms with Gasteiger partial charge in [0.15, 0.2) is 0 Å². The fourth-order valence-corrected chi connectivity index (χ4v) is 5.60. The van der Waals surface area contributed by atoms with Gasteiger partial charge in [0.25, 0.3) is 0 Å². The van der Waals surface area contributed by atoms with Crippen LogP contribution >= 0.6 is 0 Å². The second-order valence-corrected chi connectivity index (χ2v) is 9.27. The van der Waals surface area contributed by atoms with Gasteiger partial charge in [-0.15, -0.1) is 0 Å². The van der Waals surface area contributed by atoms with E-state index in [1.54, 1.807) is 0 Å². The average Bonchev–Trinajstić information content (AvgIpc) is 2.00. The third-order valence-corrected chi connectivity index (χ3v) is 9.01. The van der Waals surface area contributed by atoms with E-state index in [0.717, 1.165) is 0 Å². The average molecular weight is 173 g/mol. The summed E-state index contributed by atoms with van der Waals surface area (Å²) in [5.41, 5.74) is 5.84. The summed E-state index contributed by atoms with van der Waals surface area (Å²) in [6.45, 7) is 9.15. The van der Waals surface area contributed by atoms with E-state index in [2.05, 4.69) is 27.7 Å². The Kier molecular flexibility index (Phi) is 5.02. The maximum Gasteiger partial charge on any atom is 0.0542 e. The highest BCUT2D eigenvalue weighted by molar-refractivity contribution is 6.79. The first kappa shape index (κ1) is 11.2. The normalized spacial score (nSPS) is 15.0. The highest BCUT2D eigenvalue weighted by atomic mass is 28.3. The SMILES string of the molecule is CC[Si](CC)(CC)CC(C)N. The van der Waals surface area contributed by atoms with Crippen LogP contribution in [0, 0.1) is 0 Å². The molecule has 0 saturated heterocycles. The van der Waals surface area contributed by atoms with Gasteiger partial charge in [0.05, 0.1) is 8.07 Å². The van der Waals surface area contributed by atoms with Crippen molar-refractivity contribution >= 4 is 8.07 Å². The van der Waals surface area contributed by atoms with Crippen LogP contribution in [0.2, 0.25) is 24.2 Å². The van der Waals surface area contributed by atoms with Crippen molar-refractivity contribution in [2.24, 2.45) is 5.73 Å². The van der Waals surface area contributed by atoms with E-state index in [9.17, 15) is 0 Å². The lowest BCUT2D eigenvalue weighted by Gasteiger charge is -2.29. The van der Waals surface area contributed by atoms with E-state index in [1.807, 2.05) is 0 Å². The van der Waals surface area contributed by atoms with Crippen molar-refractivity contribution in [3.63, 3.8) is 0 Å². The molecule has 0 aliphatic rings. The molecule has 0 aromatic heterocycles. The molecule has 0 radical (unpaired) electrons. The molecule has 0 aliphatic carbocycles. The second kappa shape index (κ2) is 4.94. The summed E-state index contributed by atoms with van der Waals surface area (Å²) in [5, 5.41) is 0. The van der Waals surface area contributed by atoms with E-state index in [-0.39, 0.29) is 0 Å². The van der Waals surface area contributed by atoms with Gasteiger partial charge in [0.2, 0.25) is 0 Å². The van der Waals surface area contributed by atoms with Gasteiger partial charge in [0, 0.05) is 0 Å². The molecule has 0 aromatic rings. The number of nitrogens with two attached hydrogens (primary N) is 1. The number of rotatable bonds is 5. The van der Waals surface area contributed by atoms with E-state index < -0.39 is 8.07 Å². The van der Waals surface area contributed by atoms with Crippen LogP contribution < -0.4 is 5.73 Å². The van der Waals surface area contributed by atoms with Gasteiger partial charge in [0.1, 0.15) is 0 Å². The third-order valence-electron chi connectivity index (χ3n) is 3.00. The zero-order valence-electron chi connectivity index (χ0n) is 8.48. The summed E-state index contributed by atoms with van der Waals surface area (Å²) < 4.78 is 0. The minimum Gasteiger partial charge on any atom is -0.328 e. The highest BCUT2D eigenvalue weighted by Gasteiger charge is 2.27. The van der Waals surface area contributed by atoms with Crippen LogP contribution in [-0.4, -0.2) is 14.1 Å². The monoisotopic (exact) mass is 173 g/mol. The molecular formula is C9H23NSi.